The lowest BCUT2D eigenvalue weighted by atomic mass is 10.3. The molecule has 2 rings (SSSR count). The summed E-state index contributed by atoms with van der Waals surface area (Å²) in [5.41, 5.74) is 0. The van der Waals surface area contributed by atoms with Crippen LogP contribution in [0.15, 0.2) is 12.3 Å². The maximum Gasteiger partial charge on any atom is 0.224 e. The quantitative estimate of drug-likeness (QED) is 0.774. The van der Waals surface area contributed by atoms with Gasteiger partial charge in [0.2, 0.25) is 5.95 Å². The van der Waals surface area contributed by atoms with Crippen molar-refractivity contribution in [2.75, 3.05) is 17.2 Å². The Balaban J connectivity index is 1.93. The summed E-state index contributed by atoms with van der Waals surface area (Å²) in [5, 5.41) is 6.53. The topological polar surface area (TPSA) is 49.8 Å². The standard InChI is InChI=1S/C11H18N4/c1-3-8-7-9(8)14-10-5-6-13-11(15-10)12-4-2/h5-6,8-9H,3-4,7H2,1-2H3,(H2,12,13,14,15). The van der Waals surface area contributed by atoms with E-state index < -0.39 is 0 Å². The van der Waals surface area contributed by atoms with Crippen molar-refractivity contribution in [1.29, 1.82) is 0 Å². The molecule has 1 aliphatic rings. The molecule has 4 heteroatoms. The molecule has 15 heavy (non-hydrogen) atoms. The zero-order valence-electron chi connectivity index (χ0n) is 9.33. The second kappa shape index (κ2) is 4.47. The van der Waals surface area contributed by atoms with Crippen LogP contribution < -0.4 is 10.6 Å². The van der Waals surface area contributed by atoms with Gasteiger partial charge in [-0.3, -0.25) is 0 Å². The van der Waals surface area contributed by atoms with Crippen molar-refractivity contribution in [2.24, 2.45) is 5.92 Å². The Hall–Kier alpha value is -1.32. The molecule has 0 radical (unpaired) electrons. The van der Waals surface area contributed by atoms with Crippen LogP contribution in [0.2, 0.25) is 0 Å². The van der Waals surface area contributed by atoms with Gasteiger partial charge in [0.15, 0.2) is 0 Å². The van der Waals surface area contributed by atoms with Gasteiger partial charge >= 0.3 is 0 Å². The van der Waals surface area contributed by atoms with E-state index in [4.69, 9.17) is 0 Å². The zero-order chi connectivity index (χ0) is 10.7. The second-order valence-corrected chi connectivity index (χ2v) is 3.95. The van der Waals surface area contributed by atoms with Crippen LogP contribution in [0.5, 0.6) is 0 Å². The summed E-state index contributed by atoms with van der Waals surface area (Å²) in [6, 6.07) is 2.55. The van der Waals surface area contributed by atoms with Crippen LogP contribution in [-0.4, -0.2) is 22.6 Å². The van der Waals surface area contributed by atoms with Crippen molar-refractivity contribution >= 4 is 11.8 Å². The third-order valence-electron chi connectivity index (χ3n) is 2.77. The van der Waals surface area contributed by atoms with Crippen molar-refractivity contribution in [3.8, 4) is 0 Å². The number of nitrogens with zero attached hydrogens (tertiary/aromatic N) is 2. The monoisotopic (exact) mass is 206 g/mol. The SMILES string of the molecule is CCNc1nccc(NC2CC2CC)n1. The fourth-order valence-corrected chi connectivity index (χ4v) is 1.75. The Kier molecular flexibility index (Phi) is 3.04. The Labute approximate surface area is 90.5 Å². The highest BCUT2D eigenvalue weighted by Crippen LogP contribution is 2.35. The predicted octanol–water partition coefficient (Wildman–Crippen LogP) is 2.12. The minimum Gasteiger partial charge on any atom is -0.367 e. The first kappa shape index (κ1) is 10.2. The lowest BCUT2D eigenvalue weighted by Gasteiger charge is -2.06. The van der Waals surface area contributed by atoms with E-state index in [1.165, 1.54) is 12.8 Å². The summed E-state index contributed by atoms with van der Waals surface area (Å²) < 4.78 is 0. The van der Waals surface area contributed by atoms with Crippen molar-refractivity contribution in [2.45, 2.75) is 32.7 Å². The molecule has 1 fully saturated rings. The number of hydrogen-bond donors (Lipinski definition) is 2. The van der Waals surface area contributed by atoms with Crippen LogP contribution in [0, 0.1) is 5.92 Å². The fraction of sp³-hybridized carbons (Fsp3) is 0.636. The van der Waals surface area contributed by atoms with E-state index in [0.717, 1.165) is 18.3 Å². The smallest absolute Gasteiger partial charge is 0.224 e. The van der Waals surface area contributed by atoms with Gasteiger partial charge in [-0.25, -0.2) is 4.98 Å². The Morgan fingerprint density at radius 3 is 3.00 bits per heavy atom. The lowest BCUT2D eigenvalue weighted by Crippen LogP contribution is -2.08. The average molecular weight is 206 g/mol. The maximum atomic E-state index is 4.38. The summed E-state index contributed by atoms with van der Waals surface area (Å²) in [5.74, 6) is 2.47. The first-order valence-corrected chi connectivity index (χ1v) is 5.67. The molecule has 82 valence electrons. The molecule has 0 saturated heterocycles. The minimum atomic E-state index is 0.624. The predicted molar refractivity (Wildman–Crippen MR) is 62.0 cm³/mol. The Morgan fingerprint density at radius 2 is 2.33 bits per heavy atom. The third-order valence-corrected chi connectivity index (χ3v) is 2.77. The van der Waals surface area contributed by atoms with Crippen molar-refractivity contribution in [3.63, 3.8) is 0 Å². The van der Waals surface area contributed by atoms with E-state index in [2.05, 4.69) is 27.5 Å². The maximum absolute atomic E-state index is 4.38. The number of anilines is 2. The molecule has 4 nitrogen and oxygen atoms in total. The van der Waals surface area contributed by atoms with Gasteiger partial charge in [0.1, 0.15) is 5.82 Å². The number of hydrogen-bond acceptors (Lipinski definition) is 4. The largest absolute Gasteiger partial charge is 0.367 e. The van der Waals surface area contributed by atoms with Crippen molar-refractivity contribution < 1.29 is 0 Å². The van der Waals surface area contributed by atoms with E-state index in [-0.39, 0.29) is 0 Å². The van der Waals surface area contributed by atoms with Gasteiger partial charge < -0.3 is 10.6 Å². The van der Waals surface area contributed by atoms with E-state index in [1.54, 1.807) is 6.20 Å². The highest BCUT2D eigenvalue weighted by molar-refractivity contribution is 5.41. The van der Waals surface area contributed by atoms with Crippen molar-refractivity contribution in [3.05, 3.63) is 12.3 Å². The minimum absolute atomic E-state index is 0.624. The van der Waals surface area contributed by atoms with Crippen LogP contribution in [0.4, 0.5) is 11.8 Å². The molecule has 0 bridgehead atoms. The van der Waals surface area contributed by atoms with Gasteiger partial charge in [0.05, 0.1) is 0 Å². The van der Waals surface area contributed by atoms with Crippen LogP contribution in [0.3, 0.4) is 0 Å². The lowest BCUT2D eigenvalue weighted by molar-refractivity contribution is 0.773. The van der Waals surface area contributed by atoms with Crippen LogP contribution in [0.25, 0.3) is 0 Å². The molecule has 2 unspecified atom stereocenters. The molecular formula is C11H18N4. The fourth-order valence-electron chi connectivity index (χ4n) is 1.75. The van der Waals surface area contributed by atoms with E-state index in [9.17, 15) is 0 Å². The molecule has 2 atom stereocenters. The normalized spacial score (nSPS) is 23.6. The molecule has 1 aromatic rings. The summed E-state index contributed by atoms with van der Waals surface area (Å²) in [6.45, 7) is 5.12. The third kappa shape index (κ3) is 2.58. The second-order valence-electron chi connectivity index (χ2n) is 3.95. The van der Waals surface area contributed by atoms with Gasteiger partial charge in [-0.05, 0) is 25.3 Å². The Morgan fingerprint density at radius 1 is 1.47 bits per heavy atom. The first-order valence-electron chi connectivity index (χ1n) is 5.67. The molecule has 0 aromatic carbocycles. The van der Waals surface area contributed by atoms with Gasteiger partial charge in [-0.2, -0.15) is 4.98 Å². The molecular weight excluding hydrogens is 188 g/mol. The molecule has 2 N–H and O–H groups in total. The van der Waals surface area contributed by atoms with Gasteiger partial charge in [0.25, 0.3) is 0 Å². The summed E-state index contributed by atoms with van der Waals surface area (Å²) in [7, 11) is 0. The number of nitrogens with one attached hydrogen (secondary N) is 2. The van der Waals surface area contributed by atoms with Gasteiger partial charge in [0, 0.05) is 18.8 Å². The summed E-state index contributed by atoms with van der Waals surface area (Å²) >= 11 is 0. The summed E-state index contributed by atoms with van der Waals surface area (Å²) in [6.07, 6.45) is 4.32. The highest BCUT2D eigenvalue weighted by atomic mass is 15.1. The molecule has 1 saturated carbocycles. The van der Waals surface area contributed by atoms with E-state index in [0.29, 0.717) is 12.0 Å². The van der Waals surface area contributed by atoms with E-state index in [1.807, 2.05) is 13.0 Å². The average Bonchev–Trinajstić information content (AvgIpc) is 2.97. The zero-order valence-corrected chi connectivity index (χ0v) is 9.33. The Bertz CT molecular complexity index is 326. The molecule has 1 aliphatic carbocycles. The number of rotatable bonds is 5. The van der Waals surface area contributed by atoms with Crippen molar-refractivity contribution in [1.82, 2.24) is 9.97 Å². The number of aromatic nitrogens is 2. The van der Waals surface area contributed by atoms with Crippen LogP contribution in [0.1, 0.15) is 26.7 Å². The highest BCUT2D eigenvalue weighted by Gasteiger charge is 2.35. The molecule has 0 spiro atoms. The van der Waals surface area contributed by atoms with E-state index >= 15 is 0 Å². The van der Waals surface area contributed by atoms with Gasteiger partial charge in [-0.1, -0.05) is 13.3 Å². The molecule has 1 aromatic heterocycles. The molecule has 1 heterocycles. The van der Waals surface area contributed by atoms with Crippen LogP contribution in [-0.2, 0) is 0 Å². The summed E-state index contributed by atoms with van der Waals surface area (Å²) in [4.78, 5) is 8.51. The molecule has 0 aliphatic heterocycles. The van der Waals surface area contributed by atoms with Gasteiger partial charge in [-0.15, -0.1) is 0 Å². The first-order chi connectivity index (χ1) is 7.33. The molecule has 0 amide bonds. The van der Waals surface area contributed by atoms with Crippen LogP contribution >= 0.6 is 0 Å².